The van der Waals surface area contributed by atoms with E-state index in [9.17, 15) is 0 Å². The van der Waals surface area contributed by atoms with Crippen LogP contribution < -0.4 is 18.9 Å². The molecule has 0 N–H and O–H groups in total. The third-order valence-electron chi connectivity index (χ3n) is 3.82. The zero-order chi connectivity index (χ0) is 18.2. The summed E-state index contributed by atoms with van der Waals surface area (Å²) in [5.41, 5.74) is 2.07. The van der Waals surface area contributed by atoms with Gasteiger partial charge >= 0.3 is 0 Å². The van der Waals surface area contributed by atoms with E-state index in [0.717, 1.165) is 22.6 Å². The standard InChI is InChI=1S/C22H21O4/c1-23-19-8-3-6-17(12-19)15-25-21-10-5-11-22(14-21)26-16-18-7-4-9-20(13-18)24-2/h3-4,6-14H,15-16H2,1-2H3. The van der Waals surface area contributed by atoms with Crippen LogP contribution in [0.15, 0.2) is 66.7 Å². The Bertz CT molecular complexity index is 778. The quantitative estimate of drug-likeness (QED) is 0.593. The Morgan fingerprint density at radius 2 is 1.15 bits per heavy atom. The molecule has 1 radical (unpaired) electrons. The Kier molecular flexibility index (Phi) is 5.99. The van der Waals surface area contributed by atoms with Gasteiger partial charge in [0.2, 0.25) is 0 Å². The summed E-state index contributed by atoms with van der Waals surface area (Å²) in [6.07, 6.45) is 0. The fourth-order valence-corrected chi connectivity index (χ4v) is 2.45. The van der Waals surface area contributed by atoms with Crippen LogP contribution in [0, 0.1) is 6.07 Å². The molecule has 0 aliphatic rings. The van der Waals surface area contributed by atoms with Crippen LogP contribution in [-0.2, 0) is 13.2 Å². The van der Waals surface area contributed by atoms with Gasteiger partial charge in [-0.25, -0.2) is 0 Å². The van der Waals surface area contributed by atoms with E-state index in [4.69, 9.17) is 18.9 Å². The summed E-state index contributed by atoms with van der Waals surface area (Å²) in [5.74, 6) is 3.04. The van der Waals surface area contributed by atoms with Gasteiger partial charge in [-0.3, -0.25) is 0 Å². The number of hydrogen-bond acceptors (Lipinski definition) is 4. The Morgan fingerprint density at radius 1 is 0.654 bits per heavy atom. The minimum absolute atomic E-state index is 0.449. The summed E-state index contributed by atoms with van der Waals surface area (Å²) in [6, 6.07) is 24.1. The molecule has 0 aromatic heterocycles. The normalized spacial score (nSPS) is 10.2. The Balaban J connectivity index is 1.58. The lowest BCUT2D eigenvalue weighted by molar-refractivity contribution is 0.289. The molecule has 0 fully saturated rings. The van der Waals surface area contributed by atoms with Crippen molar-refractivity contribution in [2.24, 2.45) is 0 Å². The molecule has 0 aliphatic carbocycles. The van der Waals surface area contributed by atoms with Crippen LogP contribution in [0.1, 0.15) is 11.1 Å². The van der Waals surface area contributed by atoms with Gasteiger partial charge in [-0.2, -0.15) is 0 Å². The lowest BCUT2D eigenvalue weighted by Crippen LogP contribution is -1.98. The third kappa shape index (κ3) is 4.93. The molecule has 0 aliphatic heterocycles. The van der Waals surface area contributed by atoms with Gasteiger partial charge in [-0.15, -0.1) is 0 Å². The molecule has 3 rings (SSSR count). The number of ether oxygens (including phenoxy) is 4. The summed E-state index contributed by atoms with van der Waals surface area (Å²) in [4.78, 5) is 0. The SMILES string of the molecule is COc1cccc(COc2c[c]cc(OCc3cccc(OC)c3)c2)c1. The molecule has 4 heteroatoms. The molecule has 0 heterocycles. The highest BCUT2D eigenvalue weighted by atomic mass is 16.5. The molecule has 0 bridgehead atoms. The van der Waals surface area contributed by atoms with E-state index in [2.05, 4.69) is 6.07 Å². The van der Waals surface area contributed by atoms with Crippen molar-refractivity contribution in [2.45, 2.75) is 13.2 Å². The fraction of sp³-hybridized carbons (Fsp3) is 0.182. The Morgan fingerprint density at radius 3 is 1.62 bits per heavy atom. The first-order chi connectivity index (χ1) is 12.8. The van der Waals surface area contributed by atoms with Crippen molar-refractivity contribution in [2.75, 3.05) is 14.2 Å². The van der Waals surface area contributed by atoms with Crippen molar-refractivity contribution < 1.29 is 18.9 Å². The zero-order valence-electron chi connectivity index (χ0n) is 14.9. The maximum absolute atomic E-state index is 5.83. The first-order valence-electron chi connectivity index (χ1n) is 8.29. The maximum Gasteiger partial charge on any atom is 0.124 e. The van der Waals surface area contributed by atoms with E-state index in [1.807, 2.05) is 54.6 Å². The van der Waals surface area contributed by atoms with E-state index in [0.29, 0.717) is 24.7 Å². The van der Waals surface area contributed by atoms with Gasteiger partial charge in [0, 0.05) is 6.07 Å². The van der Waals surface area contributed by atoms with Crippen LogP contribution in [-0.4, -0.2) is 14.2 Å². The van der Waals surface area contributed by atoms with Crippen molar-refractivity contribution in [1.29, 1.82) is 0 Å². The Hall–Kier alpha value is -3.14. The second-order valence-electron chi connectivity index (χ2n) is 5.68. The van der Waals surface area contributed by atoms with Crippen LogP contribution in [0.5, 0.6) is 23.0 Å². The average molecular weight is 349 g/mol. The van der Waals surface area contributed by atoms with Crippen LogP contribution in [0.25, 0.3) is 0 Å². The molecule has 0 spiro atoms. The lowest BCUT2D eigenvalue weighted by atomic mass is 10.2. The summed E-state index contributed by atoms with van der Waals surface area (Å²) in [6.45, 7) is 0.898. The third-order valence-corrected chi connectivity index (χ3v) is 3.82. The zero-order valence-corrected chi connectivity index (χ0v) is 14.9. The van der Waals surface area contributed by atoms with Gasteiger partial charge in [-0.05, 0) is 53.6 Å². The molecular weight excluding hydrogens is 328 g/mol. The summed E-state index contributed by atoms with van der Waals surface area (Å²) >= 11 is 0. The molecule has 0 atom stereocenters. The van der Waals surface area contributed by atoms with Crippen molar-refractivity contribution in [1.82, 2.24) is 0 Å². The topological polar surface area (TPSA) is 36.9 Å². The van der Waals surface area contributed by atoms with Crippen molar-refractivity contribution in [3.05, 3.63) is 83.9 Å². The molecule has 133 valence electrons. The highest BCUT2D eigenvalue weighted by Gasteiger charge is 2.02. The minimum Gasteiger partial charge on any atom is -0.497 e. The first-order valence-corrected chi connectivity index (χ1v) is 8.29. The maximum atomic E-state index is 5.83. The second kappa shape index (κ2) is 8.81. The highest BCUT2D eigenvalue weighted by Crippen LogP contribution is 2.22. The van der Waals surface area contributed by atoms with Crippen molar-refractivity contribution in [3.8, 4) is 23.0 Å². The number of benzene rings is 3. The smallest absolute Gasteiger partial charge is 0.124 e. The monoisotopic (exact) mass is 349 g/mol. The lowest BCUT2D eigenvalue weighted by Gasteiger charge is -2.10. The van der Waals surface area contributed by atoms with Crippen LogP contribution in [0.3, 0.4) is 0 Å². The molecular formula is C22H21O4. The summed E-state index contributed by atoms with van der Waals surface area (Å²) in [7, 11) is 3.30. The number of methoxy groups -OCH3 is 2. The van der Waals surface area contributed by atoms with Gasteiger partial charge < -0.3 is 18.9 Å². The highest BCUT2D eigenvalue weighted by molar-refractivity contribution is 5.34. The minimum atomic E-state index is 0.449. The molecule has 3 aromatic rings. The predicted molar refractivity (Wildman–Crippen MR) is 99.9 cm³/mol. The molecule has 0 saturated carbocycles. The summed E-state index contributed by atoms with van der Waals surface area (Å²) < 4.78 is 22.1. The van der Waals surface area contributed by atoms with Crippen molar-refractivity contribution >= 4 is 0 Å². The van der Waals surface area contributed by atoms with Gasteiger partial charge in [0.1, 0.15) is 36.2 Å². The van der Waals surface area contributed by atoms with E-state index >= 15 is 0 Å². The van der Waals surface area contributed by atoms with E-state index in [1.165, 1.54) is 0 Å². The van der Waals surface area contributed by atoms with E-state index in [-0.39, 0.29) is 0 Å². The van der Waals surface area contributed by atoms with Gasteiger partial charge in [-0.1, -0.05) is 24.3 Å². The second-order valence-corrected chi connectivity index (χ2v) is 5.68. The van der Waals surface area contributed by atoms with Crippen LogP contribution in [0.2, 0.25) is 0 Å². The number of rotatable bonds is 8. The van der Waals surface area contributed by atoms with Gasteiger partial charge in [0.05, 0.1) is 14.2 Å². The Labute approximate surface area is 153 Å². The molecule has 0 amide bonds. The molecule has 0 saturated heterocycles. The van der Waals surface area contributed by atoms with Crippen LogP contribution >= 0.6 is 0 Å². The fourth-order valence-electron chi connectivity index (χ4n) is 2.45. The summed E-state index contributed by atoms with van der Waals surface area (Å²) in [5, 5.41) is 0. The van der Waals surface area contributed by atoms with E-state index in [1.54, 1.807) is 26.4 Å². The first kappa shape index (κ1) is 17.7. The van der Waals surface area contributed by atoms with Gasteiger partial charge in [0.25, 0.3) is 0 Å². The molecule has 0 unspecified atom stereocenters. The van der Waals surface area contributed by atoms with Gasteiger partial charge in [0.15, 0.2) is 0 Å². The molecule has 26 heavy (non-hydrogen) atoms. The van der Waals surface area contributed by atoms with Crippen LogP contribution in [0.4, 0.5) is 0 Å². The van der Waals surface area contributed by atoms with Crippen molar-refractivity contribution in [3.63, 3.8) is 0 Å². The molecule has 4 nitrogen and oxygen atoms in total. The van der Waals surface area contributed by atoms with E-state index < -0.39 is 0 Å². The molecule has 3 aromatic carbocycles. The number of hydrogen-bond donors (Lipinski definition) is 0. The largest absolute Gasteiger partial charge is 0.497 e. The average Bonchev–Trinajstić information content (AvgIpc) is 2.71. The predicted octanol–water partition coefficient (Wildman–Crippen LogP) is 4.66.